The van der Waals surface area contributed by atoms with Crippen molar-refractivity contribution in [2.24, 2.45) is 0 Å². The van der Waals surface area contributed by atoms with Crippen LogP contribution in [0.25, 0.3) is 5.65 Å². The van der Waals surface area contributed by atoms with Gasteiger partial charge in [-0.25, -0.2) is 23.3 Å². The lowest BCUT2D eigenvalue weighted by Crippen LogP contribution is -2.25. The van der Waals surface area contributed by atoms with Crippen LogP contribution in [0.15, 0.2) is 51.4 Å². The van der Waals surface area contributed by atoms with E-state index in [0.29, 0.717) is 10.7 Å². The van der Waals surface area contributed by atoms with Gasteiger partial charge in [-0.3, -0.25) is 4.79 Å². The molecule has 9 heteroatoms. The van der Waals surface area contributed by atoms with E-state index in [-0.39, 0.29) is 12.4 Å². The zero-order valence-electron chi connectivity index (χ0n) is 12.0. The number of aromatic nitrogens is 4. The molecule has 2 aromatic heterocycles. The predicted molar refractivity (Wildman–Crippen MR) is 79.8 cm³/mol. The first-order chi connectivity index (χ1) is 11.1. The average molecular weight is 334 g/mol. The van der Waals surface area contributed by atoms with E-state index in [1.807, 2.05) is 0 Å². The summed E-state index contributed by atoms with van der Waals surface area (Å²) in [5.41, 5.74) is -0.149. The molecule has 2 heterocycles. The fourth-order valence-electron chi connectivity index (χ4n) is 1.90. The van der Waals surface area contributed by atoms with Crippen molar-refractivity contribution in [3.05, 3.63) is 53.0 Å². The Kier molecular flexibility index (Phi) is 4.11. The van der Waals surface area contributed by atoms with Crippen LogP contribution in [-0.4, -0.2) is 32.2 Å². The Morgan fingerprint density at radius 2 is 2.09 bits per heavy atom. The Labute approximate surface area is 133 Å². The lowest BCUT2D eigenvalue weighted by atomic mass is 10.4. The maximum absolute atomic E-state index is 13.0. The molecule has 0 spiro atoms. The van der Waals surface area contributed by atoms with Crippen molar-refractivity contribution in [1.82, 2.24) is 19.2 Å². The average Bonchev–Trinajstić information content (AvgIpc) is 2.87. The molecule has 0 aliphatic carbocycles. The third-order valence-corrected chi connectivity index (χ3v) is 3.99. The van der Waals surface area contributed by atoms with Gasteiger partial charge in [0, 0.05) is 17.3 Å². The van der Waals surface area contributed by atoms with E-state index < -0.39 is 11.7 Å². The third-order valence-electron chi connectivity index (χ3n) is 3.00. The quantitative estimate of drug-likeness (QED) is 0.670. The van der Waals surface area contributed by atoms with Crippen molar-refractivity contribution in [3.8, 4) is 0 Å². The van der Waals surface area contributed by atoms with Crippen LogP contribution in [0.2, 0.25) is 0 Å². The number of hydrogen-bond acceptors (Lipinski definition) is 6. The van der Waals surface area contributed by atoms with Gasteiger partial charge in [-0.1, -0.05) is 11.8 Å². The van der Waals surface area contributed by atoms with Gasteiger partial charge < -0.3 is 4.74 Å². The number of esters is 1. The van der Waals surface area contributed by atoms with Crippen LogP contribution >= 0.6 is 11.8 Å². The molecule has 1 aromatic carbocycles. The first kappa shape index (κ1) is 15.2. The van der Waals surface area contributed by atoms with Crippen LogP contribution in [0.5, 0.6) is 0 Å². The Morgan fingerprint density at radius 1 is 1.35 bits per heavy atom. The van der Waals surface area contributed by atoms with Gasteiger partial charge >= 0.3 is 11.7 Å². The highest BCUT2D eigenvalue weighted by Crippen LogP contribution is 2.27. The van der Waals surface area contributed by atoms with E-state index >= 15 is 0 Å². The van der Waals surface area contributed by atoms with Crippen molar-refractivity contribution >= 4 is 23.4 Å². The number of methoxy groups -OCH3 is 1. The highest BCUT2D eigenvalue weighted by molar-refractivity contribution is 7.99. The van der Waals surface area contributed by atoms with Gasteiger partial charge in [0.25, 0.3) is 0 Å². The Balaban J connectivity index is 2.01. The number of carbonyl (C=O) groups excluding carboxylic acids is 1. The van der Waals surface area contributed by atoms with Crippen LogP contribution in [0, 0.1) is 5.82 Å². The standard InChI is InChI=1S/C14H11FN4O3S/c1-22-11(20)8-19-14(21)18-7-6-16-13(12(18)17-19)23-10-4-2-9(15)3-5-10/h2-7H,8H2,1H3. The minimum absolute atomic E-state index is 0.280. The number of ether oxygens (including phenoxy) is 1. The molecule has 0 atom stereocenters. The number of hydrogen-bond donors (Lipinski definition) is 0. The summed E-state index contributed by atoms with van der Waals surface area (Å²) in [6.07, 6.45) is 2.93. The van der Waals surface area contributed by atoms with Crippen molar-refractivity contribution in [1.29, 1.82) is 0 Å². The predicted octanol–water partition coefficient (Wildman–Crippen LogP) is 1.35. The summed E-state index contributed by atoms with van der Waals surface area (Å²) in [4.78, 5) is 28.5. The molecule has 0 radical (unpaired) electrons. The Hall–Kier alpha value is -2.68. The van der Waals surface area contributed by atoms with E-state index in [1.165, 1.54) is 47.8 Å². The van der Waals surface area contributed by atoms with Crippen LogP contribution in [-0.2, 0) is 16.1 Å². The van der Waals surface area contributed by atoms with Crippen LogP contribution in [0.1, 0.15) is 0 Å². The van der Waals surface area contributed by atoms with Crippen LogP contribution in [0.3, 0.4) is 0 Å². The number of nitrogens with zero attached hydrogens (tertiary/aromatic N) is 4. The van der Waals surface area contributed by atoms with Crippen molar-refractivity contribution in [2.45, 2.75) is 16.5 Å². The molecule has 0 aliphatic rings. The van der Waals surface area contributed by atoms with Crippen LogP contribution in [0.4, 0.5) is 4.39 Å². The summed E-state index contributed by atoms with van der Waals surface area (Å²) in [5, 5.41) is 4.59. The zero-order valence-corrected chi connectivity index (χ0v) is 12.8. The lowest BCUT2D eigenvalue weighted by Gasteiger charge is -2.01. The number of carbonyl (C=O) groups is 1. The van der Waals surface area contributed by atoms with Crippen LogP contribution < -0.4 is 5.69 Å². The SMILES string of the molecule is COC(=O)Cn1nc2c(Sc3ccc(F)cc3)nccn2c1=O. The summed E-state index contributed by atoms with van der Waals surface area (Å²) in [6, 6.07) is 5.89. The first-order valence-corrected chi connectivity index (χ1v) is 7.34. The van der Waals surface area contributed by atoms with Gasteiger partial charge in [0.2, 0.25) is 0 Å². The molecular weight excluding hydrogens is 323 g/mol. The molecule has 0 amide bonds. The fraction of sp³-hybridized carbons (Fsp3) is 0.143. The number of rotatable bonds is 4. The summed E-state index contributed by atoms with van der Waals surface area (Å²) in [5.74, 6) is -0.907. The summed E-state index contributed by atoms with van der Waals surface area (Å²) in [6.45, 7) is -0.280. The molecule has 23 heavy (non-hydrogen) atoms. The van der Waals surface area contributed by atoms with E-state index in [1.54, 1.807) is 12.1 Å². The smallest absolute Gasteiger partial charge is 0.351 e. The number of fused-ring (bicyclic) bond motifs is 1. The first-order valence-electron chi connectivity index (χ1n) is 6.53. The van der Waals surface area contributed by atoms with Gasteiger partial charge in [-0.2, -0.15) is 0 Å². The van der Waals surface area contributed by atoms with Gasteiger partial charge in [0.05, 0.1) is 7.11 Å². The van der Waals surface area contributed by atoms with Crippen molar-refractivity contribution < 1.29 is 13.9 Å². The normalized spacial score (nSPS) is 10.9. The van der Waals surface area contributed by atoms with E-state index in [4.69, 9.17) is 0 Å². The molecule has 3 rings (SSSR count). The molecule has 7 nitrogen and oxygen atoms in total. The van der Waals surface area contributed by atoms with Gasteiger partial charge in [-0.15, -0.1) is 5.10 Å². The largest absolute Gasteiger partial charge is 0.468 e. The topological polar surface area (TPSA) is 78.5 Å². The molecule has 0 fully saturated rings. The molecular formula is C14H11FN4O3S. The number of benzene rings is 1. The molecule has 0 bridgehead atoms. The Bertz CT molecular complexity index is 920. The second-order valence-corrected chi connectivity index (χ2v) is 5.56. The minimum atomic E-state index is -0.573. The Morgan fingerprint density at radius 3 is 2.78 bits per heavy atom. The highest BCUT2D eigenvalue weighted by Gasteiger charge is 2.15. The van der Waals surface area contributed by atoms with Gasteiger partial charge in [0.15, 0.2) is 5.65 Å². The minimum Gasteiger partial charge on any atom is -0.468 e. The van der Waals surface area contributed by atoms with Crippen molar-refractivity contribution in [2.75, 3.05) is 7.11 Å². The van der Waals surface area contributed by atoms with E-state index in [0.717, 1.165) is 9.58 Å². The fourth-order valence-corrected chi connectivity index (χ4v) is 2.74. The second-order valence-electron chi connectivity index (χ2n) is 4.50. The van der Waals surface area contributed by atoms with E-state index in [9.17, 15) is 14.0 Å². The van der Waals surface area contributed by atoms with Gasteiger partial charge in [-0.05, 0) is 24.3 Å². The zero-order chi connectivity index (χ0) is 16.4. The maximum atomic E-state index is 13.0. The molecule has 0 unspecified atom stereocenters. The molecule has 118 valence electrons. The number of halogens is 1. The lowest BCUT2D eigenvalue weighted by molar-refractivity contribution is -0.141. The molecule has 0 aliphatic heterocycles. The van der Waals surface area contributed by atoms with E-state index in [2.05, 4.69) is 14.8 Å². The highest BCUT2D eigenvalue weighted by atomic mass is 32.2. The molecule has 0 saturated carbocycles. The summed E-state index contributed by atoms with van der Waals surface area (Å²) >= 11 is 1.24. The monoisotopic (exact) mass is 334 g/mol. The summed E-state index contributed by atoms with van der Waals surface area (Å²) in [7, 11) is 1.24. The summed E-state index contributed by atoms with van der Waals surface area (Å²) < 4.78 is 19.8. The maximum Gasteiger partial charge on any atom is 0.351 e. The molecule has 0 saturated heterocycles. The molecule has 3 aromatic rings. The molecule has 0 N–H and O–H groups in total. The second kappa shape index (κ2) is 6.21. The van der Waals surface area contributed by atoms with Gasteiger partial charge in [0.1, 0.15) is 17.4 Å². The van der Waals surface area contributed by atoms with Crippen molar-refractivity contribution in [3.63, 3.8) is 0 Å². The third kappa shape index (κ3) is 3.09.